The number of hydrogen-bond donors (Lipinski definition) is 3. The van der Waals surface area contributed by atoms with Gasteiger partial charge in [0.05, 0.1) is 11.0 Å². The van der Waals surface area contributed by atoms with Gasteiger partial charge in [-0.3, -0.25) is 14.9 Å². The highest BCUT2D eigenvalue weighted by Crippen LogP contribution is 2.16. The largest absolute Gasteiger partial charge is 0.340 e. The maximum atomic E-state index is 12.9. The van der Waals surface area contributed by atoms with Gasteiger partial charge in [-0.25, -0.2) is 4.98 Å². The van der Waals surface area contributed by atoms with Gasteiger partial charge in [-0.05, 0) is 43.5 Å². The maximum absolute atomic E-state index is 12.9. The van der Waals surface area contributed by atoms with Crippen LogP contribution < -0.4 is 10.6 Å². The number of aryl methyl sites for hydroxylation is 2. The number of carbonyl (C=O) groups is 2. The minimum atomic E-state index is -0.661. The predicted octanol–water partition coefficient (Wildman–Crippen LogP) is 3.96. The lowest BCUT2D eigenvalue weighted by molar-refractivity contribution is -0.119. The summed E-state index contributed by atoms with van der Waals surface area (Å²) in [6.45, 7) is 7.83. The monoisotopic (exact) mass is 378 g/mol. The normalized spacial score (nSPS) is 13.1. The summed E-state index contributed by atoms with van der Waals surface area (Å²) in [6, 6.07) is 12.5. The molecule has 6 heteroatoms. The number of para-hydroxylation sites is 2. The molecule has 0 aliphatic heterocycles. The highest BCUT2D eigenvalue weighted by atomic mass is 16.2. The molecular weight excluding hydrogens is 352 g/mol. The molecular formula is C22H26N4O2. The van der Waals surface area contributed by atoms with Crippen molar-refractivity contribution in [3.63, 3.8) is 0 Å². The minimum absolute atomic E-state index is 0.0286. The van der Waals surface area contributed by atoms with Crippen molar-refractivity contribution in [3.8, 4) is 0 Å². The standard InChI is InChI=1S/C22H26N4O2/c1-5-14(3)19(25-20(27)16-11-10-13(2)12-15(16)4)21(28)26-22-23-17-8-6-7-9-18(17)24-22/h6-12,14,19H,5H2,1-4H3,(H,25,27)(H2,23,24,26,28)/t14-,19-/m0/s1. The van der Waals surface area contributed by atoms with E-state index in [0.717, 1.165) is 28.6 Å². The Kier molecular flexibility index (Phi) is 5.78. The fraction of sp³-hybridized carbons (Fsp3) is 0.318. The first kappa shape index (κ1) is 19.6. The number of benzene rings is 2. The number of rotatable bonds is 6. The fourth-order valence-corrected chi connectivity index (χ4v) is 3.20. The van der Waals surface area contributed by atoms with Gasteiger partial charge in [0.15, 0.2) is 0 Å². The fourth-order valence-electron chi connectivity index (χ4n) is 3.20. The lowest BCUT2D eigenvalue weighted by atomic mass is 9.97. The quantitative estimate of drug-likeness (QED) is 0.607. The molecule has 3 aromatic rings. The van der Waals surface area contributed by atoms with E-state index < -0.39 is 6.04 Å². The van der Waals surface area contributed by atoms with Gasteiger partial charge in [-0.2, -0.15) is 0 Å². The van der Waals surface area contributed by atoms with Crippen molar-refractivity contribution >= 4 is 28.8 Å². The number of amides is 2. The number of imidazole rings is 1. The van der Waals surface area contributed by atoms with Crippen LogP contribution in [0.5, 0.6) is 0 Å². The van der Waals surface area contributed by atoms with Gasteiger partial charge in [0.2, 0.25) is 11.9 Å². The molecule has 1 heterocycles. The molecule has 0 saturated heterocycles. The number of fused-ring (bicyclic) bond motifs is 1. The van der Waals surface area contributed by atoms with E-state index in [-0.39, 0.29) is 17.7 Å². The Hall–Kier alpha value is -3.15. The van der Waals surface area contributed by atoms with Gasteiger partial charge < -0.3 is 10.3 Å². The van der Waals surface area contributed by atoms with Crippen LogP contribution in [-0.2, 0) is 4.79 Å². The summed E-state index contributed by atoms with van der Waals surface area (Å²) in [5, 5.41) is 5.71. The van der Waals surface area contributed by atoms with E-state index in [9.17, 15) is 9.59 Å². The highest BCUT2D eigenvalue weighted by Gasteiger charge is 2.27. The Morgan fingerprint density at radius 3 is 2.57 bits per heavy atom. The van der Waals surface area contributed by atoms with E-state index in [0.29, 0.717) is 11.5 Å². The van der Waals surface area contributed by atoms with E-state index in [1.54, 1.807) is 6.07 Å². The van der Waals surface area contributed by atoms with Crippen molar-refractivity contribution in [2.75, 3.05) is 5.32 Å². The number of aromatic amines is 1. The average Bonchev–Trinajstić information content (AvgIpc) is 3.07. The molecule has 0 aliphatic rings. The predicted molar refractivity (Wildman–Crippen MR) is 111 cm³/mol. The number of anilines is 1. The molecule has 3 rings (SSSR count). The van der Waals surface area contributed by atoms with E-state index >= 15 is 0 Å². The van der Waals surface area contributed by atoms with E-state index in [1.165, 1.54) is 0 Å². The Labute approximate surface area is 164 Å². The summed E-state index contributed by atoms with van der Waals surface area (Å²) in [7, 11) is 0. The zero-order valence-corrected chi connectivity index (χ0v) is 16.7. The smallest absolute Gasteiger partial charge is 0.252 e. The maximum Gasteiger partial charge on any atom is 0.252 e. The SMILES string of the molecule is CC[C@H](C)[C@H](NC(=O)c1ccc(C)cc1C)C(=O)Nc1nc2ccccc2[nH]1. The highest BCUT2D eigenvalue weighted by molar-refractivity contribution is 6.01. The summed E-state index contributed by atoms with van der Waals surface area (Å²) in [6.07, 6.45) is 0.755. The summed E-state index contributed by atoms with van der Waals surface area (Å²) in [4.78, 5) is 33.2. The van der Waals surface area contributed by atoms with Crippen LogP contribution in [0.4, 0.5) is 5.95 Å². The molecule has 0 bridgehead atoms. The first-order valence-electron chi connectivity index (χ1n) is 9.52. The van der Waals surface area contributed by atoms with Gasteiger partial charge in [-0.1, -0.05) is 50.1 Å². The number of nitrogens with one attached hydrogen (secondary N) is 3. The minimum Gasteiger partial charge on any atom is -0.340 e. The van der Waals surface area contributed by atoms with Gasteiger partial charge in [0.25, 0.3) is 5.91 Å². The third-order valence-electron chi connectivity index (χ3n) is 5.04. The summed E-state index contributed by atoms with van der Waals surface area (Å²) in [5.41, 5.74) is 4.18. The zero-order chi connectivity index (χ0) is 20.3. The van der Waals surface area contributed by atoms with Crippen LogP contribution >= 0.6 is 0 Å². The number of aromatic nitrogens is 2. The van der Waals surface area contributed by atoms with Gasteiger partial charge in [-0.15, -0.1) is 0 Å². The molecule has 0 aliphatic carbocycles. The summed E-state index contributed by atoms with van der Waals surface area (Å²) >= 11 is 0. The van der Waals surface area contributed by atoms with Crippen LogP contribution in [-0.4, -0.2) is 27.8 Å². The summed E-state index contributed by atoms with van der Waals surface area (Å²) in [5.74, 6) is -0.187. The van der Waals surface area contributed by atoms with Crippen LogP contribution in [0.1, 0.15) is 41.8 Å². The lowest BCUT2D eigenvalue weighted by Crippen LogP contribution is -2.48. The Morgan fingerprint density at radius 1 is 1.14 bits per heavy atom. The molecule has 2 amide bonds. The van der Waals surface area contributed by atoms with Crippen LogP contribution in [0.25, 0.3) is 11.0 Å². The topological polar surface area (TPSA) is 86.9 Å². The van der Waals surface area contributed by atoms with Crippen LogP contribution in [0, 0.1) is 19.8 Å². The van der Waals surface area contributed by atoms with Gasteiger partial charge in [0.1, 0.15) is 6.04 Å². The van der Waals surface area contributed by atoms with E-state index in [1.807, 2.05) is 64.1 Å². The van der Waals surface area contributed by atoms with Crippen molar-refractivity contribution in [3.05, 3.63) is 59.2 Å². The molecule has 146 valence electrons. The van der Waals surface area contributed by atoms with Crippen molar-refractivity contribution < 1.29 is 9.59 Å². The number of nitrogens with zero attached hydrogens (tertiary/aromatic N) is 1. The summed E-state index contributed by atoms with van der Waals surface area (Å²) < 4.78 is 0. The third-order valence-corrected chi connectivity index (χ3v) is 5.04. The van der Waals surface area contributed by atoms with Crippen LogP contribution in [0.2, 0.25) is 0 Å². The van der Waals surface area contributed by atoms with E-state index in [2.05, 4.69) is 20.6 Å². The van der Waals surface area contributed by atoms with Crippen molar-refractivity contribution in [1.29, 1.82) is 0 Å². The molecule has 0 fully saturated rings. The van der Waals surface area contributed by atoms with Gasteiger partial charge >= 0.3 is 0 Å². The molecule has 0 spiro atoms. The Bertz CT molecular complexity index is 976. The molecule has 0 unspecified atom stereocenters. The van der Waals surface area contributed by atoms with Crippen molar-refractivity contribution in [1.82, 2.24) is 15.3 Å². The second kappa shape index (κ2) is 8.25. The molecule has 0 saturated carbocycles. The van der Waals surface area contributed by atoms with Gasteiger partial charge in [0, 0.05) is 5.56 Å². The number of hydrogen-bond acceptors (Lipinski definition) is 3. The lowest BCUT2D eigenvalue weighted by Gasteiger charge is -2.23. The molecule has 3 N–H and O–H groups in total. The molecule has 2 atom stereocenters. The van der Waals surface area contributed by atoms with Crippen molar-refractivity contribution in [2.45, 2.75) is 40.2 Å². The molecule has 28 heavy (non-hydrogen) atoms. The average molecular weight is 378 g/mol. The first-order chi connectivity index (χ1) is 13.4. The molecule has 0 radical (unpaired) electrons. The molecule has 2 aromatic carbocycles. The van der Waals surface area contributed by atoms with Crippen LogP contribution in [0.3, 0.4) is 0 Å². The van der Waals surface area contributed by atoms with Crippen molar-refractivity contribution in [2.24, 2.45) is 5.92 Å². The third kappa shape index (κ3) is 4.22. The second-order valence-corrected chi connectivity index (χ2v) is 7.25. The molecule has 1 aromatic heterocycles. The number of H-pyrrole nitrogens is 1. The Morgan fingerprint density at radius 2 is 1.89 bits per heavy atom. The van der Waals surface area contributed by atoms with Crippen LogP contribution in [0.15, 0.2) is 42.5 Å². The number of carbonyl (C=O) groups excluding carboxylic acids is 2. The molecule has 6 nitrogen and oxygen atoms in total. The first-order valence-corrected chi connectivity index (χ1v) is 9.52. The van der Waals surface area contributed by atoms with E-state index in [4.69, 9.17) is 0 Å². The second-order valence-electron chi connectivity index (χ2n) is 7.25. The zero-order valence-electron chi connectivity index (χ0n) is 16.7. The Balaban J connectivity index is 1.78.